The van der Waals surface area contributed by atoms with Gasteiger partial charge in [-0.25, -0.2) is 0 Å². The molecule has 2 rings (SSSR count). The molecule has 5 heteroatoms. The van der Waals surface area contributed by atoms with E-state index in [1.54, 1.807) is 14.2 Å². The summed E-state index contributed by atoms with van der Waals surface area (Å²) < 4.78 is 10.6. The van der Waals surface area contributed by atoms with Gasteiger partial charge in [-0.2, -0.15) is 0 Å². The largest absolute Gasteiger partial charge is 0.496 e. The van der Waals surface area contributed by atoms with E-state index in [1.165, 1.54) is 17.5 Å². The van der Waals surface area contributed by atoms with Gasteiger partial charge in [-0.3, -0.25) is 4.90 Å². The molecule has 1 fully saturated rings. The van der Waals surface area contributed by atoms with Crippen molar-refractivity contribution < 1.29 is 9.47 Å². The Hall–Kier alpha value is -1.14. The summed E-state index contributed by atoms with van der Waals surface area (Å²) >= 11 is 0. The van der Waals surface area contributed by atoms with Gasteiger partial charge in [-0.1, -0.05) is 12.1 Å². The molecular formula is C17H29N3O2. The third-order valence-corrected chi connectivity index (χ3v) is 3.99. The zero-order chi connectivity index (χ0) is 15.6. The third kappa shape index (κ3) is 5.57. The van der Waals surface area contributed by atoms with Crippen molar-refractivity contribution in [2.45, 2.75) is 19.5 Å². The fourth-order valence-corrected chi connectivity index (χ4v) is 2.75. The maximum absolute atomic E-state index is 5.55. The van der Waals surface area contributed by atoms with Gasteiger partial charge in [0.2, 0.25) is 0 Å². The number of nitrogens with zero attached hydrogens (tertiary/aromatic N) is 1. The lowest BCUT2D eigenvalue weighted by Crippen LogP contribution is -2.27. The first-order valence-corrected chi connectivity index (χ1v) is 8.12. The van der Waals surface area contributed by atoms with Gasteiger partial charge in [0.05, 0.1) is 13.7 Å². The second-order valence-corrected chi connectivity index (χ2v) is 5.70. The number of hydrogen-bond acceptors (Lipinski definition) is 5. The molecule has 0 saturated carbocycles. The summed E-state index contributed by atoms with van der Waals surface area (Å²) in [5.41, 5.74) is 2.51. The molecule has 1 aromatic carbocycles. The minimum absolute atomic E-state index is 0.726. The number of rotatable bonds is 8. The van der Waals surface area contributed by atoms with Gasteiger partial charge in [-0.15, -0.1) is 0 Å². The van der Waals surface area contributed by atoms with Crippen LogP contribution in [0.2, 0.25) is 0 Å². The quantitative estimate of drug-likeness (QED) is 0.707. The van der Waals surface area contributed by atoms with E-state index in [0.717, 1.165) is 58.2 Å². The van der Waals surface area contributed by atoms with Crippen molar-refractivity contribution in [1.82, 2.24) is 15.5 Å². The summed E-state index contributed by atoms with van der Waals surface area (Å²) in [6.45, 7) is 7.87. The Morgan fingerprint density at radius 2 is 2.14 bits per heavy atom. The SMILES string of the molecule is COCCNCc1ccc(CN2CCCNCC2)cc1OC. The highest BCUT2D eigenvalue weighted by Gasteiger charge is 2.11. The van der Waals surface area contributed by atoms with E-state index in [0.29, 0.717) is 0 Å². The number of methoxy groups -OCH3 is 2. The molecule has 0 aliphatic carbocycles. The topological polar surface area (TPSA) is 45.8 Å². The van der Waals surface area contributed by atoms with Crippen LogP contribution in [0.25, 0.3) is 0 Å². The van der Waals surface area contributed by atoms with E-state index in [-0.39, 0.29) is 0 Å². The highest BCUT2D eigenvalue weighted by Crippen LogP contribution is 2.21. The van der Waals surface area contributed by atoms with Crippen molar-refractivity contribution in [2.24, 2.45) is 0 Å². The lowest BCUT2D eigenvalue weighted by atomic mass is 10.1. The second kappa shape index (κ2) is 9.79. The Morgan fingerprint density at radius 3 is 2.95 bits per heavy atom. The predicted molar refractivity (Wildman–Crippen MR) is 89.3 cm³/mol. The van der Waals surface area contributed by atoms with Crippen LogP contribution >= 0.6 is 0 Å². The monoisotopic (exact) mass is 307 g/mol. The zero-order valence-corrected chi connectivity index (χ0v) is 13.9. The number of benzene rings is 1. The summed E-state index contributed by atoms with van der Waals surface area (Å²) in [5.74, 6) is 0.968. The van der Waals surface area contributed by atoms with Crippen molar-refractivity contribution in [3.63, 3.8) is 0 Å². The smallest absolute Gasteiger partial charge is 0.123 e. The summed E-state index contributed by atoms with van der Waals surface area (Å²) in [4.78, 5) is 2.51. The lowest BCUT2D eigenvalue weighted by molar-refractivity contribution is 0.199. The van der Waals surface area contributed by atoms with Gasteiger partial charge in [0.25, 0.3) is 0 Å². The lowest BCUT2D eigenvalue weighted by Gasteiger charge is -2.20. The Morgan fingerprint density at radius 1 is 1.23 bits per heavy atom. The fourth-order valence-electron chi connectivity index (χ4n) is 2.75. The fraction of sp³-hybridized carbons (Fsp3) is 0.647. The molecule has 0 amide bonds. The third-order valence-electron chi connectivity index (χ3n) is 3.99. The molecule has 0 radical (unpaired) electrons. The zero-order valence-electron chi connectivity index (χ0n) is 13.9. The number of hydrogen-bond donors (Lipinski definition) is 2. The average Bonchev–Trinajstić information content (AvgIpc) is 2.81. The van der Waals surface area contributed by atoms with E-state index in [1.807, 2.05) is 0 Å². The van der Waals surface area contributed by atoms with Crippen LogP contribution in [0.4, 0.5) is 0 Å². The van der Waals surface area contributed by atoms with E-state index < -0.39 is 0 Å². The normalized spacial score (nSPS) is 16.5. The molecule has 0 spiro atoms. The molecule has 1 aliphatic rings. The molecule has 0 aromatic heterocycles. The molecule has 2 N–H and O–H groups in total. The van der Waals surface area contributed by atoms with Crippen LogP contribution in [0.15, 0.2) is 18.2 Å². The first-order chi connectivity index (χ1) is 10.8. The Balaban J connectivity index is 1.92. The minimum Gasteiger partial charge on any atom is -0.496 e. The molecule has 1 aliphatic heterocycles. The molecule has 1 aromatic rings. The van der Waals surface area contributed by atoms with Crippen molar-refractivity contribution in [3.8, 4) is 5.75 Å². The number of nitrogens with one attached hydrogen (secondary N) is 2. The van der Waals surface area contributed by atoms with Crippen molar-refractivity contribution in [3.05, 3.63) is 29.3 Å². The van der Waals surface area contributed by atoms with Crippen molar-refractivity contribution in [2.75, 3.05) is 53.6 Å². The van der Waals surface area contributed by atoms with Crippen molar-refractivity contribution >= 4 is 0 Å². The Kier molecular flexibility index (Phi) is 7.66. The highest BCUT2D eigenvalue weighted by atomic mass is 16.5. The van der Waals surface area contributed by atoms with Crippen molar-refractivity contribution in [1.29, 1.82) is 0 Å². The standard InChI is InChI=1S/C17H29N3O2/c1-21-11-8-19-13-16-5-4-15(12-17(16)22-2)14-20-9-3-6-18-7-10-20/h4-5,12,18-19H,3,6-11,13-14H2,1-2H3. The van der Waals surface area contributed by atoms with Gasteiger partial charge in [0, 0.05) is 45.4 Å². The molecule has 0 atom stereocenters. The number of ether oxygens (including phenoxy) is 2. The maximum atomic E-state index is 5.55. The minimum atomic E-state index is 0.726. The average molecular weight is 307 g/mol. The van der Waals surface area contributed by atoms with Crippen LogP contribution in [0.5, 0.6) is 5.75 Å². The van der Waals surface area contributed by atoms with Gasteiger partial charge in [0.15, 0.2) is 0 Å². The molecule has 124 valence electrons. The van der Waals surface area contributed by atoms with Crippen LogP contribution < -0.4 is 15.4 Å². The van der Waals surface area contributed by atoms with Gasteiger partial charge >= 0.3 is 0 Å². The molecule has 1 saturated heterocycles. The van der Waals surface area contributed by atoms with Crippen LogP contribution in [0.3, 0.4) is 0 Å². The predicted octanol–water partition coefficient (Wildman–Crippen LogP) is 1.23. The maximum Gasteiger partial charge on any atom is 0.123 e. The van der Waals surface area contributed by atoms with Crippen LogP contribution in [0.1, 0.15) is 17.5 Å². The Labute approximate surface area is 134 Å². The van der Waals surface area contributed by atoms with E-state index in [4.69, 9.17) is 9.47 Å². The second-order valence-electron chi connectivity index (χ2n) is 5.70. The highest BCUT2D eigenvalue weighted by molar-refractivity contribution is 5.37. The first kappa shape index (κ1) is 17.2. The molecule has 0 bridgehead atoms. The molecule has 0 unspecified atom stereocenters. The molecule has 22 heavy (non-hydrogen) atoms. The summed E-state index contributed by atoms with van der Waals surface area (Å²) in [6, 6.07) is 6.56. The summed E-state index contributed by atoms with van der Waals surface area (Å²) in [5, 5.41) is 6.81. The first-order valence-electron chi connectivity index (χ1n) is 8.12. The van der Waals surface area contributed by atoms with E-state index >= 15 is 0 Å². The van der Waals surface area contributed by atoms with Gasteiger partial charge in [-0.05, 0) is 31.1 Å². The summed E-state index contributed by atoms with van der Waals surface area (Å²) in [6.07, 6.45) is 1.22. The summed E-state index contributed by atoms with van der Waals surface area (Å²) in [7, 11) is 3.46. The van der Waals surface area contributed by atoms with Crippen LogP contribution in [0, 0.1) is 0 Å². The van der Waals surface area contributed by atoms with E-state index in [9.17, 15) is 0 Å². The Bertz CT molecular complexity index is 432. The molecule has 1 heterocycles. The van der Waals surface area contributed by atoms with E-state index in [2.05, 4.69) is 33.7 Å². The van der Waals surface area contributed by atoms with Gasteiger partial charge in [0.1, 0.15) is 5.75 Å². The molecule has 5 nitrogen and oxygen atoms in total. The van der Waals surface area contributed by atoms with Gasteiger partial charge < -0.3 is 20.1 Å². The molecular weight excluding hydrogens is 278 g/mol. The van der Waals surface area contributed by atoms with Crippen LogP contribution in [-0.2, 0) is 17.8 Å². The van der Waals surface area contributed by atoms with Crippen LogP contribution in [-0.4, -0.2) is 58.5 Å².